The third-order valence-corrected chi connectivity index (χ3v) is 4.54. The summed E-state index contributed by atoms with van der Waals surface area (Å²) in [5.41, 5.74) is 0.106. The van der Waals surface area contributed by atoms with Crippen LogP contribution >= 0.6 is 15.9 Å². The molecule has 110 valence electrons. The molecule has 0 aliphatic heterocycles. The van der Waals surface area contributed by atoms with E-state index in [1.54, 1.807) is 12.1 Å². The van der Waals surface area contributed by atoms with Gasteiger partial charge >= 0.3 is 0 Å². The largest absolute Gasteiger partial charge is 0.324 e. The number of hydrogen-bond donors (Lipinski definition) is 2. The summed E-state index contributed by atoms with van der Waals surface area (Å²) < 4.78 is 14.4. The first-order valence-corrected chi connectivity index (χ1v) is 7.78. The molecule has 2 N–H and O–H groups in total. The number of benzene rings is 1. The number of rotatable bonds is 4. The molecule has 1 amide bonds. The third kappa shape index (κ3) is 3.79. The van der Waals surface area contributed by atoms with Crippen LogP contribution in [0.2, 0.25) is 0 Å². The minimum absolute atomic E-state index is 0.131. The second-order valence-corrected chi connectivity index (χ2v) is 6.36. The Kier molecular flexibility index (Phi) is 5.16. The van der Waals surface area contributed by atoms with Crippen molar-refractivity contribution in [1.29, 1.82) is 0 Å². The molecule has 0 radical (unpaired) electrons. The van der Waals surface area contributed by atoms with Gasteiger partial charge in [-0.25, -0.2) is 4.39 Å². The van der Waals surface area contributed by atoms with Gasteiger partial charge in [-0.05, 0) is 38.1 Å². The maximum absolute atomic E-state index is 13.7. The lowest BCUT2D eigenvalue weighted by Gasteiger charge is -2.36. The second-order valence-electron chi connectivity index (χ2n) is 5.44. The molecule has 20 heavy (non-hydrogen) atoms. The SMILES string of the molecule is CNC1(CC(=O)Nc2ccc(Br)cc2F)CCCCC1. The van der Waals surface area contributed by atoms with Gasteiger partial charge in [0.05, 0.1) is 5.69 Å². The van der Waals surface area contributed by atoms with E-state index in [1.165, 1.54) is 12.5 Å². The highest BCUT2D eigenvalue weighted by Gasteiger charge is 2.32. The Morgan fingerprint density at radius 1 is 1.35 bits per heavy atom. The van der Waals surface area contributed by atoms with E-state index in [2.05, 4.69) is 26.6 Å². The molecule has 1 fully saturated rings. The average molecular weight is 343 g/mol. The molecular formula is C15H20BrFN2O. The summed E-state index contributed by atoms with van der Waals surface area (Å²) in [7, 11) is 1.90. The Hall–Kier alpha value is -0.940. The Morgan fingerprint density at radius 3 is 2.65 bits per heavy atom. The third-order valence-electron chi connectivity index (χ3n) is 4.05. The Labute approximate surface area is 127 Å². The van der Waals surface area contributed by atoms with Crippen molar-refractivity contribution in [1.82, 2.24) is 5.32 Å². The van der Waals surface area contributed by atoms with Crippen LogP contribution in [0, 0.1) is 5.82 Å². The maximum atomic E-state index is 13.7. The summed E-state index contributed by atoms with van der Waals surface area (Å²) in [6, 6.07) is 4.64. The number of amides is 1. The molecule has 1 aliphatic carbocycles. The highest BCUT2D eigenvalue weighted by atomic mass is 79.9. The lowest BCUT2D eigenvalue weighted by Crippen LogP contribution is -2.47. The van der Waals surface area contributed by atoms with E-state index in [0.717, 1.165) is 25.7 Å². The van der Waals surface area contributed by atoms with Gasteiger partial charge in [0.25, 0.3) is 0 Å². The van der Waals surface area contributed by atoms with E-state index >= 15 is 0 Å². The van der Waals surface area contributed by atoms with Gasteiger partial charge in [-0.3, -0.25) is 4.79 Å². The topological polar surface area (TPSA) is 41.1 Å². The lowest BCUT2D eigenvalue weighted by molar-refractivity contribution is -0.118. The van der Waals surface area contributed by atoms with Crippen molar-refractivity contribution in [3.63, 3.8) is 0 Å². The minimum atomic E-state index is -0.421. The fraction of sp³-hybridized carbons (Fsp3) is 0.533. The molecule has 3 nitrogen and oxygen atoms in total. The van der Waals surface area contributed by atoms with Crippen molar-refractivity contribution in [2.24, 2.45) is 0 Å². The molecule has 0 unspecified atom stereocenters. The summed E-state index contributed by atoms with van der Waals surface area (Å²) in [6.07, 6.45) is 5.90. The minimum Gasteiger partial charge on any atom is -0.324 e. The number of carbonyl (C=O) groups excluding carboxylic acids is 1. The number of halogens is 2. The van der Waals surface area contributed by atoms with Crippen LogP contribution in [0.3, 0.4) is 0 Å². The van der Waals surface area contributed by atoms with E-state index < -0.39 is 5.82 Å². The second kappa shape index (κ2) is 6.68. The van der Waals surface area contributed by atoms with Gasteiger partial charge in [-0.1, -0.05) is 35.2 Å². The van der Waals surface area contributed by atoms with E-state index in [-0.39, 0.29) is 17.1 Å². The molecular weight excluding hydrogens is 323 g/mol. The molecule has 1 aromatic rings. The van der Waals surface area contributed by atoms with Gasteiger partial charge in [-0.2, -0.15) is 0 Å². The Bertz CT molecular complexity index is 487. The molecule has 0 bridgehead atoms. The Balaban J connectivity index is 2.00. The highest BCUT2D eigenvalue weighted by molar-refractivity contribution is 9.10. The molecule has 1 saturated carbocycles. The summed E-state index contributed by atoms with van der Waals surface area (Å²) in [4.78, 5) is 12.2. The zero-order valence-corrected chi connectivity index (χ0v) is 13.2. The van der Waals surface area contributed by atoms with Crippen LogP contribution < -0.4 is 10.6 Å². The van der Waals surface area contributed by atoms with Crippen LogP contribution in [-0.2, 0) is 4.79 Å². The van der Waals surface area contributed by atoms with Gasteiger partial charge in [0.15, 0.2) is 0 Å². The molecule has 0 spiro atoms. The smallest absolute Gasteiger partial charge is 0.226 e. The normalized spacial score (nSPS) is 17.8. The summed E-state index contributed by atoms with van der Waals surface area (Å²) >= 11 is 3.20. The monoisotopic (exact) mass is 342 g/mol. The van der Waals surface area contributed by atoms with E-state index in [4.69, 9.17) is 0 Å². The van der Waals surface area contributed by atoms with Crippen LogP contribution in [-0.4, -0.2) is 18.5 Å². The predicted molar refractivity (Wildman–Crippen MR) is 82.2 cm³/mol. The summed E-state index contributed by atoms with van der Waals surface area (Å²) in [6.45, 7) is 0. The van der Waals surface area contributed by atoms with Crippen LogP contribution in [0.5, 0.6) is 0 Å². The standard InChI is InChI=1S/C15H20BrFN2O/c1-18-15(7-3-2-4-8-15)10-14(20)19-13-6-5-11(16)9-12(13)17/h5-6,9,18H,2-4,7-8,10H2,1H3,(H,19,20). The van der Waals surface area contributed by atoms with Crippen molar-refractivity contribution < 1.29 is 9.18 Å². The molecule has 2 rings (SSSR count). The first-order chi connectivity index (χ1) is 9.54. The Morgan fingerprint density at radius 2 is 2.05 bits per heavy atom. The summed E-state index contributed by atoms with van der Waals surface area (Å²) in [5, 5.41) is 5.96. The molecule has 5 heteroatoms. The van der Waals surface area contributed by atoms with Crippen LogP contribution in [0.4, 0.5) is 10.1 Å². The average Bonchev–Trinajstić information content (AvgIpc) is 2.43. The van der Waals surface area contributed by atoms with Crippen molar-refractivity contribution in [3.05, 3.63) is 28.5 Å². The van der Waals surface area contributed by atoms with Gasteiger partial charge < -0.3 is 10.6 Å². The first kappa shape index (κ1) is 15.4. The van der Waals surface area contributed by atoms with Crippen molar-refractivity contribution in [2.75, 3.05) is 12.4 Å². The molecule has 1 aliphatic rings. The lowest BCUT2D eigenvalue weighted by atomic mass is 9.79. The van der Waals surface area contributed by atoms with Crippen LogP contribution in [0.25, 0.3) is 0 Å². The zero-order chi connectivity index (χ0) is 14.6. The molecule has 0 aromatic heterocycles. The number of carbonyl (C=O) groups is 1. The number of nitrogens with one attached hydrogen (secondary N) is 2. The quantitative estimate of drug-likeness (QED) is 0.872. The van der Waals surface area contributed by atoms with Crippen LogP contribution in [0.1, 0.15) is 38.5 Å². The fourth-order valence-corrected chi connectivity index (χ4v) is 3.17. The first-order valence-electron chi connectivity index (χ1n) is 6.98. The predicted octanol–water partition coefficient (Wildman–Crippen LogP) is 3.84. The van der Waals surface area contributed by atoms with Gasteiger partial charge in [0.2, 0.25) is 5.91 Å². The van der Waals surface area contributed by atoms with Gasteiger partial charge in [0, 0.05) is 16.4 Å². The maximum Gasteiger partial charge on any atom is 0.226 e. The number of hydrogen-bond acceptors (Lipinski definition) is 2. The van der Waals surface area contributed by atoms with Crippen molar-refractivity contribution >= 4 is 27.5 Å². The molecule has 0 atom stereocenters. The van der Waals surface area contributed by atoms with Crippen molar-refractivity contribution in [2.45, 2.75) is 44.1 Å². The number of anilines is 1. The van der Waals surface area contributed by atoms with E-state index in [0.29, 0.717) is 10.9 Å². The molecule has 1 aromatic carbocycles. The van der Waals surface area contributed by atoms with E-state index in [9.17, 15) is 9.18 Å². The fourth-order valence-electron chi connectivity index (χ4n) is 2.84. The summed E-state index contributed by atoms with van der Waals surface area (Å²) in [5.74, 6) is -0.558. The van der Waals surface area contributed by atoms with Gasteiger partial charge in [0.1, 0.15) is 5.82 Å². The van der Waals surface area contributed by atoms with Crippen molar-refractivity contribution in [3.8, 4) is 0 Å². The van der Waals surface area contributed by atoms with Crippen LogP contribution in [0.15, 0.2) is 22.7 Å². The molecule has 0 heterocycles. The highest BCUT2D eigenvalue weighted by Crippen LogP contribution is 2.31. The van der Waals surface area contributed by atoms with E-state index in [1.807, 2.05) is 7.05 Å². The van der Waals surface area contributed by atoms with Gasteiger partial charge in [-0.15, -0.1) is 0 Å². The zero-order valence-electron chi connectivity index (χ0n) is 11.6. The molecule has 0 saturated heterocycles.